The topological polar surface area (TPSA) is 98.5 Å². The maximum absolute atomic E-state index is 12.2. The lowest BCUT2D eigenvalue weighted by molar-refractivity contribution is 0.0624. The van der Waals surface area contributed by atoms with Crippen LogP contribution in [0.15, 0.2) is 17.0 Å². The number of amides is 1. The monoisotopic (exact) mass is 352 g/mol. The fraction of sp³-hybridized carbons (Fsp3) is 0.417. The fourth-order valence-electron chi connectivity index (χ4n) is 2.04. The van der Waals surface area contributed by atoms with Crippen LogP contribution < -0.4 is 10.5 Å². The minimum absolute atomic E-state index is 0.00988. The number of hydrogen-bond acceptors (Lipinski definition) is 4. The van der Waals surface area contributed by atoms with Crippen LogP contribution in [0.4, 0.5) is 0 Å². The van der Waals surface area contributed by atoms with Gasteiger partial charge in [0.25, 0.3) is 5.91 Å². The van der Waals surface area contributed by atoms with Gasteiger partial charge < -0.3 is 10.1 Å². The summed E-state index contributed by atoms with van der Waals surface area (Å²) in [5.74, 6) is -0.489. The Kier molecular flexibility index (Phi) is 5.11. The Balaban J connectivity index is 2.28. The normalized spacial score (nSPS) is 19.3. The second-order valence-corrected chi connectivity index (χ2v) is 7.04. The Bertz CT molecular complexity index is 657. The molecule has 9 heteroatoms. The number of halogens is 2. The lowest BCUT2D eigenvalue weighted by Gasteiger charge is -2.23. The molecule has 0 radical (unpaired) electrons. The number of nitrogens with one attached hydrogen (secondary N) is 1. The molecule has 2 rings (SSSR count). The molecule has 21 heavy (non-hydrogen) atoms. The van der Waals surface area contributed by atoms with Crippen LogP contribution in [0, 0.1) is 0 Å². The van der Waals surface area contributed by atoms with E-state index in [-0.39, 0.29) is 26.5 Å². The van der Waals surface area contributed by atoms with Crippen molar-refractivity contribution < 1.29 is 17.9 Å². The average Bonchev–Trinajstić information content (AvgIpc) is 2.38. The molecule has 1 atom stereocenters. The first-order valence-corrected chi connectivity index (χ1v) is 8.49. The van der Waals surface area contributed by atoms with E-state index in [1.807, 2.05) is 0 Å². The van der Waals surface area contributed by atoms with Crippen LogP contribution in [0.5, 0.6) is 0 Å². The molecule has 1 aromatic rings. The number of ether oxygens (including phenoxy) is 1. The highest BCUT2D eigenvalue weighted by Crippen LogP contribution is 2.28. The zero-order chi connectivity index (χ0) is 15.6. The van der Waals surface area contributed by atoms with Crippen LogP contribution in [0.25, 0.3) is 0 Å². The number of carbonyl (C=O) groups is 1. The SMILES string of the molecule is NS(=O)(=O)c1cc(C(=O)NC2CCCOC2)c(Cl)cc1Cl. The predicted molar refractivity (Wildman–Crippen MR) is 79.1 cm³/mol. The average molecular weight is 353 g/mol. The molecule has 1 amide bonds. The molecule has 3 N–H and O–H groups in total. The molecule has 0 aliphatic carbocycles. The Hall–Kier alpha value is -0.860. The quantitative estimate of drug-likeness (QED) is 0.861. The summed E-state index contributed by atoms with van der Waals surface area (Å²) >= 11 is 11.7. The second-order valence-electron chi connectivity index (χ2n) is 4.70. The number of hydrogen-bond donors (Lipinski definition) is 2. The Labute approximate surface area is 132 Å². The van der Waals surface area contributed by atoms with Crippen molar-refractivity contribution in [3.8, 4) is 0 Å². The van der Waals surface area contributed by atoms with Gasteiger partial charge in [-0.3, -0.25) is 4.79 Å². The van der Waals surface area contributed by atoms with Crippen molar-refractivity contribution in [3.05, 3.63) is 27.7 Å². The zero-order valence-corrected chi connectivity index (χ0v) is 13.3. The van der Waals surface area contributed by atoms with E-state index in [1.165, 1.54) is 6.07 Å². The predicted octanol–water partition coefficient (Wildman–Crippen LogP) is 1.55. The van der Waals surface area contributed by atoms with E-state index in [2.05, 4.69) is 5.32 Å². The fourth-order valence-corrected chi connectivity index (χ4v) is 3.44. The summed E-state index contributed by atoms with van der Waals surface area (Å²) in [5.41, 5.74) is 0.00988. The maximum atomic E-state index is 12.2. The molecule has 1 aliphatic heterocycles. The van der Waals surface area contributed by atoms with E-state index < -0.39 is 15.9 Å². The van der Waals surface area contributed by atoms with Gasteiger partial charge in [-0.2, -0.15) is 0 Å². The second kappa shape index (κ2) is 6.50. The van der Waals surface area contributed by atoms with Crippen LogP contribution >= 0.6 is 23.2 Å². The molecule has 1 aliphatic rings. The van der Waals surface area contributed by atoms with Crippen LogP contribution in [0.1, 0.15) is 23.2 Å². The molecule has 0 bridgehead atoms. The lowest BCUT2D eigenvalue weighted by Crippen LogP contribution is -2.40. The van der Waals surface area contributed by atoms with E-state index in [4.69, 9.17) is 33.1 Å². The van der Waals surface area contributed by atoms with Crippen LogP contribution in [0.2, 0.25) is 10.0 Å². The van der Waals surface area contributed by atoms with E-state index in [0.29, 0.717) is 13.2 Å². The van der Waals surface area contributed by atoms with Crippen molar-refractivity contribution in [2.75, 3.05) is 13.2 Å². The maximum Gasteiger partial charge on any atom is 0.253 e. The van der Waals surface area contributed by atoms with Crippen LogP contribution in [0.3, 0.4) is 0 Å². The summed E-state index contributed by atoms with van der Waals surface area (Å²) in [7, 11) is -4.03. The molecule has 116 valence electrons. The molecule has 0 spiro atoms. The summed E-state index contributed by atoms with van der Waals surface area (Å²) in [6.45, 7) is 1.09. The number of benzene rings is 1. The van der Waals surface area contributed by atoms with Gasteiger partial charge in [0.2, 0.25) is 10.0 Å². The highest BCUT2D eigenvalue weighted by molar-refractivity contribution is 7.89. The van der Waals surface area contributed by atoms with Crippen molar-refractivity contribution in [3.63, 3.8) is 0 Å². The molecular formula is C12H14Cl2N2O4S. The molecule has 1 fully saturated rings. The van der Waals surface area contributed by atoms with Gasteiger partial charge in [0.1, 0.15) is 4.90 Å². The van der Waals surface area contributed by atoms with Gasteiger partial charge in [0, 0.05) is 6.61 Å². The zero-order valence-electron chi connectivity index (χ0n) is 10.9. The van der Waals surface area contributed by atoms with Gasteiger partial charge in [-0.1, -0.05) is 23.2 Å². The smallest absolute Gasteiger partial charge is 0.253 e. The molecule has 0 saturated carbocycles. The molecule has 1 heterocycles. The molecular weight excluding hydrogens is 339 g/mol. The molecule has 1 saturated heterocycles. The molecule has 1 aromatic carbocycles. The van der Waals surface area contributed by atoms with Crippen molar-refractivity contribution in [2.45, 2.75) is 23.8 Å². The van der Waals surface area contributed by atoms with Crippen LogP contribution in [-0.4, -0.2) is 33.6 Å². The number of primary sulfonamides is 1. The van der Waals surface area contributed by atoms with Crippen molar-refractivity contribution in [1.82, 2.24) is 5.32 Å². The largest absolute Gasteiger partial charge is 0.379 e. The minimum atomic E-state index is -4.03. The Morgan fingerprint density at radius 1 is 1.33 bits per heavy atom. The summed E-state index contributed by atoms with van der Waals surface area (Å²) in [5, 5.41) is 7.73. The van der Waals surface area contributed by atoms with Crippen LogP contribution in [-0.2, 0) is 14.8 Å². The molecule has 1 unspecified atom stereocenters. The van der Waals surface area contributed by atoms with Gasteiger partial charge in [0.15, 0.2) is 0 Å². The summed E-state index contributed by atoms with van der Waals surface area (Å²) in [4.78, 5) is 11.9. The lowest BCUT2D eigenvalue weighted by atomic mass is 10.1. The van der Waals surface area contributed by atoms with Gasteiger partial charge >= 0.3 is 0 Å². The highest BCUT2D eigenvalue weighted by Gasteiger charge is 2.22. The van der Waals surface area contributed by atoms with Gasteiger partial charge in [0.05, 0.1) is 28.3 Å². The van der Waals surface area contributed by atoms with Gasteiger partial charge in [-0.15, -0.1) is 0 Å². The van der Waals surface area contributed by atoms with Crippen molar-refractivity contribution in [1.29, 1.82) is 0 Å². The first-order valence-electron chi connectivity index (χ1n) is 6.19. The minimum Gasteiger partial charge on any atom is -0.379 e. The van der Waals surface area contributed by atoms with E-state index in [1.54, 1.807) is 0 Å². The first-order chi connectivity index (χ1) is 9.79. The van der Waals surface area contributed by atoms with E-state index in [9.17, 15) is 13.2 Å². The summed E-state index contributed by atoms with van der Waals surface area (Å²) in [6.07, 6.45) is 1.64. The third-order valence-electron chi connectivity index (χ3n) is 3.07. The third kappa shape index (κ3) is 4.08. The van der Waals surface area contributed by atoms with Crippen molar-refractivity contribution in [2.24, 2.45) is 5.14 Å². The number of rotatable bonds is 3. The number of sulfonamides is 1. The Morgan fingerprint density at radius 2 is 2.05 bits per heavy atom. The number of nitrogens with two attached hydrogens (primary N) is 1. The first kappa shape index (κ1) is 16.5. The van der Waals surface area contributed by atoms with E-state index in [0.717, 1.165) is 18.9 Å². The Morgan fingerprint density at radius 3 is 2.62 bits per heavy atom. The van der Waals surface area contributed by atoms with Gasteiger partial charge in [-0.05, 0) is 25.0 Å². The molecule has 0 aromatic heterocycles. The summed E-state index contributed by atoms with van der Waals surface area (Å²) in [6, 6.07) is 2.14. The number of carbonyl (C=O) groups excluding carboxylic acids is 1. The summed E-state index contributed by atoms with van der Waals surface area (Å²) < 4.78 is 28.1. The third-order valence-corrected chi connectivity index (χ3v) is 4.76. The molecule has 6 nitrogen and oxygen atoms in total. The highest BCUT2D eigenvalue weighted by atomic mass is 35.5. The van der Waals surface area contributed by atoms with Gasteiger partial charge in [-0.25, -0.2) is 13.6 Å². The van der Waals surface area contributed by atoms with Crippen molar-refractivity contribution >= 4 is 39.1 Å². The van der Waals surface area contributed by atoms with E-state index >= 15 is 0 Å². The standard InChI is InChI=1S/C12H14Cl2N2O4S/c13-9-5-10(14)11(21(15,18)19)4-8(9)12(17)16-7-2-1-3-20-6-7/h4-5,7H,1-3,6H2,(H,16,17)(H2,15,18,19).